The van der Waals surface area contributed by atoms with Gasteiger partial charge in [-0.1, -0.05) is 6.07 Å². The molecule has 2 unspecified atom stereocenters. The van der Waals surface area contributed by atoms with E-state index in [1.165, 1.54) is 7.11 Å². The Morgan fingerprint density at radius 2 is 1.88 bits per heavy atom. The fraction of sp³-hybridized carbons (Fsp3) is 0.625. The van der Waals surface area contributed by atoms with Crippen LogP contribution in [0.2, 0.25) is 0 Å². The largest absolute Gasteiger partial charge is 0.495 e. The van der Waals surface area contributed by atoms with Gasteiger partial charge in [-0.2, -0.15) is 0 Å². The molecule has 3 rings (SSSR count). The topological polar surface area (TPSA) is 90.0 Å². The zero-order valence-electron chi connectivity index (χ0n) is 14.3. The summed E-state index contributed by atoms with van der Waals surface area (Å²) >= 11 is 0. The van der Waals surface area contributed by atoms with Gasteiger partial charge < -0.3 is 9.47 Å². The summed E-state index contributed by atoms with van der Waals surface area (Å²) in [5, 5.41) is -0.994. The molecule has 1 aromatic rings. The van der Waals surface area contributed by atoms with Crippen molar-refractivity contribution in [2.75, 3.05) is 44.9 Å². The molecule has 9 heteroatoms. The second-order valence-corrected chi connectivity index (χ2v) is 10.8. The third kappa shape index (κ3) is 3.69. The van der Waals surface area contributed by atoms with Crippen molar-refractivity contribution in [2.24, 2.45) is 0 Å². The van der Waals surface area contributed by atoms with Crippen molar-refractivity contribution in [3.63, 3.8) is 0 Å². The molecule has 7 nitrogen and oxygen atoms in total. The van der Waals surface area contributed by atoms with Crippen molar-refractivity contribution in [1.29, 1.82) is 0 Å². The van der Waals surface area contributed by atoms with Gasteiger partial charge in [-0.3, -0.25) is 4.90 Å². The lowest BCUT2D eigenvalue weighted by Crippen LogP contribution is -2.50. The fourth-order valence-corrected chi connectivity index (χ4v) is 8.59. The molecule has 1 aromatic carbocycles. The molecule has 0 spiro atoms. The molecule has 0 aliphatic carbocycles. The second kappa shape index (κ2) is 6.86. The molecule has 0 aromatic heterocycles. The Bertz CT molecular complexity index is 843. The summed E-state index contributed by atoms with van der Waals surface area (Å²) in [6, 6.07) is 4.37. The smallest absolute Gasteiger partial charge is 0.187 e. The van der Waals surface area contributed by atoms with Crippen molar-refractivity contribution >= 4 is 19.7 Å². The molecule has 0 saturated carbocycles. The first-order valence-electron chi connectivity index (χ1n) is 8.15. The number of morpholine rings is 1. The van der Waals surface area contributed by atoms with Crippen LogP contribution in [-0.2, 0) is 24.4 Å². The van der Waals surface area contributed by atoms with Gasteiger partial charge in [-0.05, 0) is 24.6 Å². The van der Waals surface area contributed by atoms with Crippen molar-refractivity contribution in [1.82, 2.24) is 4.90 Å². The average Bonchev–Trinajstić information content (AvgIpc) is 2.92. The highest BCUT2D eigenvalue weighted by Crippen LogP contribution is 2.34. The van der Waals surface area contributed by atoms with Crippen LogP contribution in [0.1, 0.15) is 5.56 Å². The van der Waals surface area contributed by atoms with Crippen LogP contribution in [0.4, 0.5) is 0 Å². The first-order chi connectivity index (χ1) is 11.7. The van der Waals surface area contributed by atoms with Gasteiger partial charge >= 0.3 is 0 Å². The summed E-state index contributed by atoms with van der Waals surface area (Å²) < 4.78 is 61.6. The van der Waals surface area contributed by atoms with Gasteiger partial charge in [0.25, 0.3) is 0 Å². The number of hydrogen-bond donors (Lipinski definition) is 0. The molecule has 2 fully saturated rings. The molecule has 140 valence electrons. The van der Waals surface area contributed by atoms with E-state index in [-0.39, 0.29) is 22.2 Å². The number of ether oxygens (including phenoxy) is 2. The summed E-state index contributed by atoms with van der Waals surface area (Å²) in [4.78, 5) is 1.99. The van der Waals surface area contributed by atoms with E-state index < -0.39 is 31.0 Å². The Hall–Kier alpha value is -1.16. The van der Waals surface area contributed by atoms with Gasteiger partial charge in [0.2, 0.25) is 0 Å². The molecule has 2 saturated heterocycles. The fourth-order valence-electron chi connectivity index (χ4n) is 3.51. The van der Waals surface area contributed by atoms with Gasteiger partial charge in [0.1, 0.15) is 10.6 Å². The minimum Gasteiger partial charge on any atom is -0.495 e. The zero-order valence-corrected chi connectivity index (χ0v) is 16.0. The van der Waals surface area contributed by atoms with E-state index in [1.54, 1.807) is 25.1 Å². The van der Waals surface area contributed by atoms with Crippen molar-refractivity contribution in [2.45, 2.75) is 23.1 Å². The quantitative estimate of drug-likeness (QED) is 0.730. The predicted molar refractivity (Wildman–Crippen MR) is 93.5 cm³/mol. The lowest BCUT2D eigenvalue weighted by molar-refractivity contribution is 0.0222. The molecule has 2 aliphatic rings. The Kier molecular flexibility index (Phi) is 5.11. The van der Waals surface area contributed by atoms with Crippen LogP contribution in [0.15, 0.2) is 23.1 Å². The molecule has 0 radical (unpaired) electrons. The minimum absolute atomic E-state index is 0.0651. The van der Waals surface area contributed by atoms with Crippen LogP contribution in [0.3, 0.4) is 0 Å². The Morgan fingerprint density at radius 3 is 2.52 bits per heavy atom. The summed E-state index contributed by atoms with van der Waals surface area (Å²) in [7, 11) is -5.87. The highest BCUT2D eigenvalue weighted by Gasteiger charge is 2.49. The monoisotopic (exact) mass is 389 g/mol. The maximum absolute atomic E-state index is 13.3. The SMILES string of the molecule is COc1ccc(C)cc1S(=O)(=O)C1CS(=O)(=O)CC1N1CCOCC1. The Balaban J connectivity index is 2.03. The molecule has 2 heterocycles. The maximum atomic E-state index is 13.3. The van der Waals surface area contributed by atoms with Crippen LogP contribution in [0.25, 0.3) is 0 Å². The zero-order chi connectivity index (χ0) is 18.2. The van der Waals surface area contributed by atoms with Crippen molar-refractivity contribution in [3.8, 4) is 5.75 Å². The van der Waals surface area contributed by atoms with E-state index in [9.17, 15) is 16.8 Å². The number of sulfone groups is 2. The van der Waals surface area contributed by atoms with Crippen molar-refractivity contribution in [3.05, 3.63) is 23.8 Å². The molecule has 0 bridgehead atoms. The van der Waals surface area contributed by atoms with Gasteiger partial charge in [0, 0.05) is 19.1 Å². The molecule has 0 amide bonds. The molecular formula is C16H23NO6S2. The lowest BCUT2D eigenvalue weighted by Gasteiger charge is -2.34. The first kappa shape index (κ1) is 18.6. The van der Waals surface area contributed by atoms with Crippen LogP contribution in [0, 0.1) is 6.92 Å². The van der Waals surface area contributed by atoms with Gasteiger partial charge in [-0.25, -0.2) is 16.8 Å². The highest BCUT2D eigenvalue weighted by molar-refractivity contribution is 7.96. The predicted octanol–water partition coefficient (Wildman–Crippen LogP) is 0.275. The molecule has 2 aliphatic heterocycles. The number of benzene rings is 1. The van der Waals surface area contributed by atoms with Crippen LogP contribution in [-0.4, -0.2) is 77.9 Å². The molecular weight excluding hydrogens is 366 g/mol. The molecule has 0 N–H and O–H groups in total. The van der Waals surface area contributed by atoms with Crippen LogP contribution >= 0.6 is 0 Å². The summed E-state index contributed by atoms with van der Waals surface area (Å²) in [6.07, 6.45) is 0. The number of nitrogens with zero attached hydrogens (tertiary/aromatic N) is 1. The first-order valence-corrected chi connectivity index (χ1v) is 11.5. The van der Waals surface area contributed by atoms with E-state index in [0.29, 0.717) is 26.3 Å². The van der Waals surface area contributed by atoms with Crippen LogP contribution < -0.4 is 4.74 Å². The summed E-state index contributed by atoms with van der Waals surface area (Å²) in [5.74, 6) is -0.241. The average molecular weight is 389 g/mol. The minimum atomic E-state index is -3.86. The molecule has 25 heavy (non-hydrogen) atoms. The third-order valence-corrected chi connectivity index (χ3v) is 8.95. The normalized spacial score (nSPS) is 27.3. The van der Waals surface area contributed by atoms with E-state index in [4.69, 9.17) is 9.47 Å². The van der Waals surface area contributed by atoms with E-state index in [1.807, 2.05) is 4.90 Å². The number of aryl methyl sites for hydroxylation is 1. The number of methoxy groups -OCH3 is 1. The Morgan fingerprint density at radius 1 is 1.20 bits per heavy atom. The van der Waals surface area contributed by atoms with Crippen molar-refractivity contribution < 1.29 is 26.3 Å². The number of rotatable bonds is 4. The third-order valence-electron chi connectivity index (χ3n) is 4.81. The van der Waals surface area contributed by atoms with Crippen LogP contribution in [0.5, 0.6) is 5.75 Å². The van der Waals surface area contributed by atoms with Gasteiger partial charge in [-0.15, -0.1) is 0 Å². The maximum Gasteiger partial charge on any atom is 0.187 e. The lowest BCUT2D eigenvalue weighted by atomic mass is 10.2. The van der Waals surface area contributed by atoms with Gasteiger partial charge in [0.05, 0.1) is 37.1 Å². The highest BCUT2D eigenvalue weighted by atomic mass is 32.2. The van der Waals surface area contributed by atoms with E-state index in [0.717, 1.165) is 5.56 Å². The summed E-state index contributed by atoms with van der Waals surface area (Å²) in [5.41, 5.74) is 0.781. The van der Waals surface area contributed by atoms with Gasteiger partial charge in [0.15, 0.2) is 19.7 Å². The standard InChI is InChI=1S/C16H23NO6S2/c1-12-3-4-14(22-2)15(9-12)25(20,21)16-11-24(18,19)10-13(16)17-5-7-23-8-6-17/h3-4,9,13,16H,5-8,10-11H2,1-2H3. The van der Waals surface area contributed by atoms with E-state index in [2.05, 4.69) is 0 Å². The second-order valence-electron chi connectivity index (χ2n) is 6.53. The number of hydrogen-bond acceptors (Lipinski definition) is 7. The van der Waals surface area contributed by atoms with E-state index >= 15 is 0 Å². The summed E-state index contributed by atoms with van der Waals surface area (Å²) in [6.45, 7) is 3.84. The molecule has 2 atom stereocenters. The Labute approximate surface area is 148 Å².